The number of nitrogens with zero attached hydrogens (tertiary/aromatic N) is 5. The highest BCUT2D eigenvalue weighted by molar-refractivity contribution is 7.89. The van der Waals surface area contributed by atoms with Crippen molar-refractivity contribution in [2.24, 2.45) is 0 Å². The van der Waals surface area contributed by atoms with E-state index in [4.69, 9.17) is 4.74 Å². The third-order valence-electron chi connectivity index (χ3n) is 3.88. The van der Waals surface area contributed by atoms with Gasteiger partial charge in [-0.3, -0.25) is 4.57 Å². The SMILES string of the molecule is CCn1c(OC)nnc1[C@@H](C)NS(=O)(=O)c1ccc(-n2cccn2)cc1. The van der Waals surface area contributed by atoms with Gasteiger partial charge in [-0.05, 0) is 44.2 Å². The highest BCUT2D eigenvalue weighted by atomic mass is 32.2. The van der Waals surface area contributed by atoms with Crippen molar-refractivity contribution in [1.29, 1.82) is 0 Å². The van der Waals surface area contributed by atoms with Gasteiger partial charge in [0.15, 0.2) is 5.82 Å². The number of hydrogen-bond donors (Lipinski definition) is 1. The van der Waals surface area contributed by atoms with E-state index in [1.807, 2.05) is 6.92 Å². The van der Waals surface area contributed by atoms with E-state index < -0.39 is 16.1 Å². The van der Waals surface area contributed by atoms with Gasteiger partial charge in [0, 0.05) is 18.9 Å². The summed E-state index contributed by atoms with van der Waals surface area (Å²) in [7, 11) is -2.22. The second-order valence-electron chi connectivity index (χ2n) is 5.58. The fourth-order valence-electron chi connectivity index (χ4n) is 2.62. The molecule has 0 bridgehead atoms. The first kappa shape index (κ1) is 18.1. The van der Waals surface area contributed by atoms with Crippen LogP contribution >= 0.6 is 0 Å². The van der Waals surface area contributed by atoms with Crippen molar-refractivity contribution >= 4 is 10.0 Å². The summed E-state index contributed by atoms with van der Waals surface area (Å²) in [5, 5.41) is 12.1. The van der Waals surface area contributed by atoms with E-state index in [2.05, 4.69) is 20.0 Å². The Bertz CT molecular complexity index is 964. The maximum absolute atomic E-state index is 12.7. The molecular weight excluding hydrogens is 356 g/mol. The summed E-state index contributed by atoms with van der Waals surface area (Å²) in [5.74, 6) is 0.487. The van der Waals surface area contributed by atoms with Crippen molar-refractivity contribution in [3.8, 4) is 11.7 Å². The predicted molar refractivity (Wildman–Crippen MR) is 94.5 cm³/mol. The topological polar surface area (TPSA) is 104 Å². The Morgan fingerprint density at radius 1 is 1.23 bits per heavy atom. The van der Waals surface area contributed by atoms with Gasteiger partial charge in [-0.1, -0.05) is 5.10 Å². The molecule has 0 amide bonds. The van der Waals surface area contributed by atoms with Crippen LogP contribution in [0.4, 0.5) is 0 Å². The smallest absolute Gasteiger partial charge is 0.316 e. The van der Waals surface area contributed by atoms with Crippen molar-refractivity contribution in [1.82, 2.24) is 29.3 Å². The second-order valence-corrected chi connectivity index (χ2v) is 7.29. The Morgan fingerprint density at radius 3 is 2.54 bits per heavy atom. The summed E-state index contributed by atoms with van der Waals surface area (Å²) < 4.78 is 36.5. The largest absolute Gasteiger partial charge is 0.467 e. The van der Waals surface area contributed by atoms with E-state index in [0.29, 0.717) is 18.4 Å². The fraction of sp³-hybridized carbons (Fsp3) is 0.312. The molecular formula is C16H20N6O3S. The maximum atomic E-state index is 12.7. The minimum Gasteiger partial charge on any atom is -0.467 e. The Balaban J connectivity index is 1.81. The molecule has 0 saturated carbocycles. The van der Waals surface area contributed by atoms with Crippen LogP contribution in [0.3, 0.4) is 0 Å². The third kappa shape index (κ3) is 3.46. The molecule has 0 saturated heterocycles. The molecule has 0 fully saturated rings. The molecule has 2 heterocycles. The maximum Gasteiger partial charge on any atom is 0.316 e. The van der Waals surface area contributed by atoms with Crippen LogP contribution in [0.1, 0.15) is 25.7 Å². The average Bonchev–Trinajstić information content (AvgIpc) is 3.30. The quantitative estimate of drug-likeness (QED) is 0.671. The first-order chi connectivity index (χ1) is 12.5. The van der Waals surface area contributed by atoms with Gasteiger partial charge < -0.3 is 4.74 Å². The Kier molecular flexibility index (Phi) is 5.05. The molecule has 0 radical (unpaired) electrons. The van der Waals surface area contributed by atoms with Crippen LogP contribution in [0.15, 0.2) is 47.6 Å². The van der Waals surface area contributed by atoms with Crippen molar-refractivity contribution in [3.05, 3.63) is 48.5 Å². The zero-order valence-corrected chi connectivity index (χ0v) is 15.5. The molecule has 3 rings (SSSR count). The summed E-state index contributed by atoms with van der Waals surface area (Å²) in [4.78, 5) is 0.162. The van der Waals surface area contributed by atoms with Gasteiger partial charge in [0.05, 0.1) is 23.7 Å². The van der Waals surface area contributed by atoms with Crippen LogP contribution in [-0.4, -0.2) is 40.1 Å². The van der Waals surface area contributed by atoms with E-state index in [1.165, 1.54) is 19.2 Å². The molecule has 0 aliphatic carbocycles. The molecule has 3 aromatic rings. The molecule has 9 nitrogen and oxygen atoms in total. The zero-order chi connectivity index (χ0) is 18.7. The predicted octanol–water partition coefficient (Wildman–Crippen LogP) is 1.53. The molecule has 1 aromatic carbocycles. The first-order valence-corrected chi connectivity index (χ1v) is 9.54. The van der Waals surface area contributed by atoms with Crippen LogP contribution in [0.5, 0.6) is 6.01 Å². The Labute approximate surface area is 151 Å². The lowest BCUT2D eigenvalue weighted by molar-refractivity contribution is 0.354. The Hall–Kier alpha value is -2.72. The number of nitrogens with one attached hydrogen (secondary N) is 1. The summed E-state index contributed by atoms with van der Waals surface area (Å²) in [5.41, 5.74) is 0.775. The van der Waals surface area contributed by atoms with E-state index in [9.17, 15) is 8.42 Å². The number of hydrogen-bond acceptors (Lipinski definition) is 6. The molecule has 10 heteroatoms. The Morgan fingerprint density at radius 2 is 1.96 bits per heavy atom. The molecule has 0 aliphatic heterocycles. The van der Waals surface area contributed by atoms with Gasteiger partial charge in [-0.25, -0.2) is 17.8 Å². The number of sulfonamides is 1. The van der Waals surface area contributed by atoms with Crippen LogP contribution in [0.25, 0.3) is 5.69 Å². The highest BCUT2D eigenvalue weighted by Gasteiger charge is 2.23. The molecule has 0 spiro atoms. The fourth-order valence-corrected chi connectivity index (χ4v) is 3.82. The number of aromatic nitrogens is 5. The van der Waals surface area contributed by atoms with Crippen LogP contribution in [0, 0.1) is 0 Å². The second kappa shape index (κ2) is 7.26. The van der Waals surface area contributed by atoms with Gasteiger partial charge >= 0.3 is 6.01 Å². The molecule has 0 aliphatic rings. The van der Waals surface area contributed by atoms with Gasteiger partial charge in [0.25, 0.3) is 0 Å². The van der Waals surface area contributed by atoms with Gasteiger partial charge in [-0.2, -0.15) is 5.10 Å². The lowest BCUT2D eigenvalue weighted by Gasteiger charge is -2.15. The highest BCUT2D eigenvalue weighted by Crippen LogP contribution is 2.20. The minimum absolute atomic E-state index is 0.162. The number of methoxy groups -OCH3 is 1. The van der Waals surface area contributed by atoms with E-state index in [-0.39, 0.29) is 4.90 Å². The van der Waals surface area contributed by atoms with Crippen LogP contribution in [0.2, 0.25) is 0 Å². The average molecular weight is 376 g/mol. The molecule has 0 unspecified atom stereocenters. The van der Waals surface area contributed by atoms with E-state index in [0.717, 1.165) is 5.69 Å². The lowest BCUT2D eigenvalue weighted by atomic mass is 10.3. The summed E-state index contributed by atoms with van der Waals surface area (Å²) in [6.45, 7) is 4.19. The third-order valence-corrected chi connectivity index (χ3v) is 5.44. The number of benzene rings is 1. The molecule has 138 valence electrons. The zero-order valence-electron chi connectivity index (χ0n) is 14.7. The molecule has 26 heavy (non-hydrogen) atoms. The normalized spacial score (nSPS) is 12.9. The van der Waals surface area contributed by atoms with Crippen molar-refractivity contribution < 1.29 is 13.2 Å². The van der Waals surface area contributed by atoms with Crippen molar-refractivity contribution in [2.75, 3.05) is 7.11 Å². The molecule has 2 aromatic heterocycles. The van der Waals surface area contributed by atoms with Crippen LogP contribution in [-0.2, 0) is 16.6 Å². The minimum atomic E-state index is -3.72. The van der Waals surface area contributed by atoms with Gasteiger partial charge in [-0.15, -0.1) is 5.10 Å². The van der Waals surface area contributed by atoms with Gasteiger partial charge in [0.1, 0.15) is 0 Å². The van der Waals surface area contributed by atoms with Crippen LogP contribution < -0.4 is 9.46 Å². The summed E-state index contributed by atoms with van der Waals surface area (Å²) in [6.07, 6.45) is 3.45. The molecule has 1 atom stereocenters. The summed E-state index contributed by atoms with van der Waals surface area (Å²) >= 11 is 0. The first-order valence-electron chi connectivity index (χ1n) is 8.05. The molecule has 1 N–H and O–H groups in total. The van der Waals surface area contributed by atoms with E-state index in [1.54, 1.807) is 46.8 Å². The van der Waals surface area contributed by atoms with Crippen molar-refractivity contribution in [2.45, 2.75) is 31.3 Å². The monoisotopic (exact) mass is 376 g/mol. The standard InChI is InChI=1S/C16H20N6O3S/c1-4-21-15(18-19-16(21)25-3)12(2)20-26(23,24)14-8-6-13(7-9-14)22-11-5-10-17-22/h5-12,20H,4H2,1-3H3/t12-/m1/s1. The van der Waals surface area contributed by atoms with E-state index >= 15 is 0 Å². The van der Waals surface area contributed by atoms with Crippen molar-refractivity contribution in [3.63, 3.8) is 0 Å². The number of ether oxygens (including phenoxy) is 1. The van der Waals surface area contributed by atoms with Gasteiger partial charge in [0.2, 0.25) is 10.0 Å². The summed E-state index contributed by atoms with van der Waals surface area (Å²) in [6, 6.07) is 8.05. The number of rotatable bonds is 7. The lowest BCUT2D eigenvalue weighted by Crippen LogP contribution is -2.29.